The molecule has 1 atom stereocenters. The maximum atomic E-state index is 13.5. The highest BCUT2D eigenvalue weighted by Gasteiger charge is 2.26. The van der Waals surface area contributed by atoms with Crippen LogP contribution in [0.5, 0.6) is 0 Å². The molecule has 0 saturated heterocycles. The Morgan fingerprint density at radius 2 is 1.90 bits per heavy atom. The first kappa shape index (κ1) is 19.1. The van der Waals surface area contributed by atoms with Gasteiger partial charge in [-0.15, -0.1) is 5.10 Å². The first-order valence-electron chi connectivity index (χ1n) is 9.38. The fourth-order valence-corrected chi connectivity index (χ4v) is 3.44. The van der Waals surface area contributed by atoms with Crippen molar-refractivity contribution in [3.63, 3.8) is 0 Å². The Morgan fingerprint density at radius 3 is 2.61 bits per heavy atom. The topological polar surface area (TPSA) is 85.0 Å². The standard InChI is InChI=1S/C22H15ClFN5O2/c23-15-7-3-13(4-8-15)17-12-18(14-5-9-16(24)10-6-14)29-22(25-17)27-21(28-29)26-20(30)19-2-1-11-31-19/h1-12,18H,(H2,25,26,27,28,30). The monoisotopic (exact) mass is 435 g/mol. The zero-order valence-electron chi connectivity index (χ0n) is 15.9. The Kier molecular flexibility index (Phi) is 4.76. The van der Waals surface area contributed by atoms with Gasteiger partial charge in [-0.05, 0) is 53.6 Å². The summed E-state index contributed by atoms with van der Waals surface area (Å²) in [5.41, 5.74) is 2.49. The van der Waals surface area contributed by atoms with Gasteiger partial charge in [0.1, 0.15) is 11.9 Å². The molecule has 1 aliphatic heterocycles. The number of amides is 1. The predicted molar refractivity (Wildman–Crippen MR) is 114 cm³/mol. The van der Waals surface area contributed by atoms with Crippen molar-refractivity contribution in [3.05, 3.63) is 101 Å². The second kappa shape index (κ2) is 7.73. The van der Waals surface area contributed by atoms with E-state index in [9.17, 15) is 9.18 Å². The lowest BCUT2D eigenvalue weighted by Crippen LogP contribution is -2.20. The molecule has 4 aromatic rings. The lowest BCUT2D eigenvalue weighted by molar-refractivity contribution is 0.0995. The van der Waals surface area contributed by atoms with E-state index in [1.54, 1.807) is 41.1 Å². The molecule has 1 unspecified atom stereocenters. The van der Waals surface area contributed by atoms with E-state index >= 15 is 0 Å². The molecule has 31 heavy (non-hydrogen) atoms. The van der Waals surface area contributed by atoms with Crippen molar-refractivity contribution in [3.8, 4) is 0 Å². The summed E-state index contributed by atoms with van der Waals surface area (Å²) in [5.74, 6) is -0.101. The number of fused-ring (bicyclic) bond motifs is 1. The number of hydrogen-bond acceptors (Lipinski definition) is 5. The molecule has 1 aliphatic rings. The van der Waals surface area contributed by atoms with Crippen molar-refractivity contribution in [1.29, 1.82) is 0 Å². The first-order chi connectivity index (χ1) is 15.1. The molecule has 0 bridgehead atoms. The van der Waals surface area contributed by atoms with E-state index in [0.717, 1.165) is 16.8 Å². The molecule has 154 valence electrons. The van der Waals surface area contributed by atoms with E-state index in [0.29, 0.717) is 11.0 Å². The fraction of sp³-hybridized carbons (Fsp3) is 0.0455. The van der Waals surface area contributed by atoms with Gasteiger partial charge in [0.2, 0.25) is 5.95 Å². The number of nitrogens with zero attached hydrogens (tertiary/aromatic N) is 3. The highest BCUT2D eigenvalue weighted by Crippen LogP contribution is 2.33. The van der Waals surface area contributed by atoms with Gasteiger partial charge in [-0.3, -0.25) is 10.1 Å². The molecule has 9 heteroatoms. The summed E-state index contributed by atoms with van der Waals surface area (Å²) >= 11 is 6.02. The lowest BCUT2D eigenvalue weighted by Gasteiger charge is -2.24. The minimum Gasteiger partial charge on any atom is -0.459 e. The second-order valence-electron chi connectivity index (χ2n) is 6.84. The van der Waals surface area contributed by atoms with Crippen LogP contribution in [0.4, 0.5) is 16.3 Å². The number of furan rings is 1. The molecular weight excluding hydrogens is 421 g/mol. The Balaban J connectivity index is 1.53. The number of carbonyl (C=O) groups is 1. The van der Waals surface area contributed by atoms with Gasteiger partial charge in [0.25, 0.3) is 11.9 Å². The molecule has 0 aliphatic carbocycles. The van der Waals surface area contributed by atoms with Crippen molar-refractivity contribution >= 4 is 35.1 Å². The van der Waals surface area contributed by atoms with Crippen molar-refractivity contribution in [2.45, 2.75) is 6.04 Å². The number of hydrogen-bond donors (Lipinski definition) is 2. The molecule has 7 nitrogen and oxygen atoms in total. The van der Waals surface area contributed by atoms with Crippen LogP contribution in [0.15, 0.2) is 77.4 Å². The number of nitrogens with one attached hydrogen (secondary N) is 2. The Labute approximate surface area is 181 Å². The minimum absolute atomic E-state index is 0.113. The van der Waals surface area contributed by atoms with Gasteiger partial charge in [-0.2, -0.15) is 4.98 Å². The summed E-state index contributed by atoms with van der Waals surface area (Å²) in [6.07, 6.45) is 3.37. The number of aromatic nitrogens is 3. The van der Waals surface area contributed by atoms with Gasteiger partial charge in [0.15, 0.2) is 5.76 Å². The Hall–Kier alpha value is -3.91. The van der Waals surface area contributed by atoms with Gasteiger partial charge >= 0.3 is 0 Å². The van der Waals surface area contributed by atoms with E-state index in [1.165, 1.54) is 18.4 Å². The van der Waals surface area contributed by atoms with Crippen molar-refractivity contribution in [1.82, 2.24) is 14.8 Å². The summed E-state index contributed by atoms with van der Waals surface area (Å²) in [7, 11) is 0. The van der Waals surface area contributed by atoms with Crippen LogP contribution < -0.4 is 10.6 Å². The van der Waals surface area contributed by atoms with E-state index in [1.807, 2.05) is 18.2 Å². The maximum absolute atomic E-state index is 13.5. The average Bonchev–Trinajstić information content (AvgIpc) is 3.44. The van der Waals surface area contributed by atoms with E-state index in [2.05, 4.69) is 20.7 Å². The number of halogens is 2. The van der Waals surface area contributed by atoms with Crippen molar-refractivity contribution in [2.75, 3.05) is 10.6 Å². The Morgan fingerprint density at radius 1 is 1.13 bits per heavy atom. The van der Waals surface area contributed by atoms with Crippen LogP contribution in [0.1, 0.15) is 27.7 Å². The first-order valence-corrected chi connectivity index (χ1v) is 9.76. The molecule has 0 spiro atoms. The van der Waals surface area contributed by atoms with Crippen LogP contribution in [0.25, 0.3) is 5.70 Å². The number of rotatable bonds is 4. The summed E-state index contributed by atoms with van der Waals surface area (Å²) in [6.45, 7) is 0. The molecular formula is C22H15ClFN5O2. The van der Waals surface area contributed by atoms with E-state index in [4.69, 9.17) is 16.0 Å². The summed E-state index contributed by atoms with van der Waals surface area (Å²) in [5, 5.41) is 10.9. The second-order valence-corrected chi connectivity index (χ2v) is 7.28. The molecule has 0 saturated carbocycles. The van der Waals surface area contributed by atoms with Gasteiger partial charge in [-0.1, -0.05) is 35.9 Å². The van der Waals surface area contributed by atoms with Crippen LogP contribution in [-0.4, -0.2) is 20.7 Å². The smallest absolute Gasteiger partial charge is 0.293 e. The lowest BCUT2D eigenvalue weighted by atomic mass is 10.0. The normalized spacial score (nSPS) is 15.0. The maximum Gasteiger partial charge on any atom is 0.293 e. The van der Waals surface area contributed by atoms with Gasteiger partial charge < -0.3 is 9.73 Å². The highest BCUT2D eigenvalue weighted by atomic mass is 35.5. The molecule has 2 aromatic heterocycles. The van der Waals surface area contributed by atoms with Crippen LogP contribution in [0.3, 0.4) is 0 Å². The fourth-order valence-electron chi connectivity index (χ4n) is 3.31. The zero-order chi connectivity index (χ0) is 21.4. The minimum atomic E-state index is -0.461. The van der Waals surface area contributed by atoms with Crippen LogP contribution in [0.2, 0.25) is 5.02 Å². The van der Waals surface area contributed by atoms with Gasteiger partial charge in [-0.25, -0.2) is 9.07 Å². The number of anilines is 2. The third kappa shape index (κ3) is 3.80. The molecule has 0 radical (unpaired) electrons. The van der Waals surface area contributed by atoms with E-state index in [-0.39, 0.29) is 23.6 Å². The van der Waals surface area contributed by atoms with Gasteiger partial charge in [0, 0.05) is 10.7 Å². The predicted octanol–water partition coefficient (Wildman–Crippen LogP) is 4.97. The molecule has 3 heterocycles. The summed E-state index contributed by atoms with van der Waals surface area (Å²) in [4.78, 5) is 16.7. The van der Waals surface area contributed by atoms with Crippen LogP contribution >= 0.6 is 11.6 Å². The van der Waals surface area contributed by atoms with Crippen molar-refractivity contribution in [2.24, 2.45) is 0 Å². The van der Waals surface area contributed by atoms with Crippen LogP contribution in [0, 0.1) is 5.82 Å². The largest absolute Gasteiger partial charge is 0.459 e. The SMILES string of the molecule is O=C(Nc1nc2n(n1)C(c1ccc(F)cc1)C=C(c1ccc(Cl)cc1)N2)c1ccco1. The van der Waals surface area contributed by atoms with Gasteiger partial charge in [0.05, 0.1) is 6.26 Å². The molecule has 0 fully saturated rings. The Bertz CT molecular complexity index is 1260. The molecule has 2 N–H and O–H groups in total. The molecule has 5 rings (SSSR count). The quantitative estimate of drug-likeness (QED) is 0.472. The highest BCUT2D eigenvalue weighted by molar-refractivity contribution is 6.30. The summed E-state index contributed by atoms with van der Waals surface area (Å²) < 4.78 is 20.2. The number of allylic oxidation sites excluding steroid dienone is 1. The summed E-state index contributed by atoms with van der Waals surface area (Å²) in [6, 6.07) is 16.3. The van der Waals surface area contributed by atoms with E-state index < -0.39 is 5.91 Å². The molecule has 1 amide bonds. The molecule has 2 aromatic carbocycles. The third-order valence-electron chi connectivity index (χ3n) is 4.80. The number of benzene rings is 2. The zero-order valence-corrected chi connectivity index (χ0v) is 16.7. The third-order valence-corrected chi connectivity index (χ3v) is 5.05. The average molecular weight is 436 g/mol. The van der Waals surface area contributed by atoms with Crippen molar-refractivity contribution < 1.29 is 13.6 Å². The number of carbonyl (C=O) groups excluding carboxylic acids is 1. The van der Waals surface area contributed by atoms with Crippen LogP contribution in [-0.2, 0) is 0 Å².